The second-order valence-corrected chi connectivity index (χ2v) is 4.65. The van der Waals surface area contributed by atoms with Crippen LogP contribution in [-0.2, 0) is 4.79 Å². The molecule has 0 aromatic heterocycles. The number of hydrogen-bond acceptors (Lipinski definition) is 5. The number of nitrogens with two attached hydrogens (primary N) is 1. The molecule has 2 amide bonds. The first kappa shape index (κ1) is 16.6. The molecule has 0 spiro atoms. The summed E-state index contributed by atoms with van der Waals surface area (Å²) in [5.41, 5.74) is 5.33. The van der Waals surface area contributed by atoms with Gasteiger partial charge >= 0.3 is 0 Å². The van der Waals surface area contributed by atoms with Gasteiger partial charge in [-0.2, -0.15) is 0 Å². The molecule has 0 saturated heterocycles. The quantitative estimate of drug-likeness (QED) is 0.509. The smallest absolute Gasteiger partial charge is 0.270 e. The van der Waals surface area contributed by atoms with Crippen LogP contribution in [0.25, 0.3) is 0 Å². The summed E-state index contributed by atoms with van der Waals surface area (Å²) >= 11 is 0. The number of non-ortho nitro benzene ring substituents is 1. The lowest BCUT2D eigenvalue weighted by Gasteiger charge is -2.17. The highest BCUT2D eigenvalue weighted by Crippen LogP contribution is 2.13. The maximum Gasteiger partial charge on any atom is 0.270 e. The molecule has 21 heavy (non-hydrogen) atoms. The van der Waals surface area contributed by atoms with Crippen LogP contribution in [0.2, 0.25) is 0 Å². The van der Waals surface area contributed by atoms with E-state index in [2.05, 4.69) is 10.6 Å². The van der Waals surface area contributed by atoms with E-state index in [9.17, 15) is 19.7 Å². The molecular formula is C13H18N4O4. The van der Waals surface area contributed by atoms with Crippen molar-refractivity contribution in [1.82, 2.24) is 10.6 Å². The standard InChI is InChI=1S/C13H18N4O4/c1-8(7-14)15-12(18)9(2)16-13(19)10-4-3-5-11(6-10)17(20)21/h3-6,8-9H,7,14H2,1-2H3,(H,15,18)(H,16,19)/t8-,9?/m0/s1. The van der Waals surface area contributed by atoms with Crippen molar-refractivity contribution in [1.29, 1.82) is 0 Å². The van der Waals surface area contributed by atoms with Gasteiger partial charge in [-0.1, -0.05) is 6.07 Å². The van der Waals surface area contributed by atoms with E-state index in [0.717, 1.165) is 6.07 Å². The van der Waals surface area contributed by atoms with E-state index in [4.69, 9.17) is 5.73 Å². The summed E-state index contributed by atoms with van der Waals surface area (Å²) in [5, 5.41) is 15.8. The Labute approximate surface area is 121 Å². The van der Waals surface area contributed by atoms with Crippen LogP contribution in [0.3, 0.4) is 0 Å². The number of benzene rings is 1. The van der Waals surface area contributed by atoms with Gasteiger partial charge in [0, 0.05) is 30.3 Å². The summed E-state index contributed by atoms with van der Waals surface area (Å²) in [7, 11) is 0. The van der Waals surface area contributed by atoms with E-state index in [1.54, 1.807) is 6.92 Å². The zero-order valence-corrected chi connectivity index (χ0v) is 11.8. The van der Waals surface area contributed by atoms with Crippen LogP contribution in [0.1, 0.15) is 24.2 Å². The number of carbonyl (C=O) groups excluding carboxylic acids is 2. The minimum absolute atomic E-state index is 0.121. The van der Waals surface area contributed by atoms with Crippen LogP contribution in [0.15, 0.2) is 24.3 Å². The van der Waals surface area contributed by atoms with Crippen molar-refractivity contribution in [2.75, 3.05) is 6.54 Å². The Hall–Kier alpha value is -2.48. The lowest BCUT2D eigenvalue weighted by Crippen LogP contribution is -2.49. The van der Waals surface area contributed by atoms with E-state index >= 15 is 0 Å². The van der Waals surface area contributed by atoms with E-state index in [1.807, 2.05) is 0 Å². The van der Waals surface area contributed by atoms with Gasteiger partial charge in [0.15, 0.2) is 0 Å². The molecule has 0 heterocycles. The van der Waals surface area contributed by atoms with Gasteiger partial charge in [0.2, 0.25) is 5.91 Å². The Kier molecular flexibility index (Phi) is 5.79. The first-order chi connectivity index (χ1) is 9.85. The van der Waals surface area contributed by atoms with Crippen LogP contribution in [0, 0.1) is 10.1 Å². The summed E-state index contributed by atoms with van der Waals surface area (Å²) in [5.74, 6) is -0.923. The van der Waals surface area contributed by atoms with Gasteiger partial charge < -0.3 is 16.4 Å². The highest BCUT2D eigenvalue weighted by molar-refractivity contribution is 5.97. The second kappa shape index (κ2) is 7.34. The van der Waals surface area contributed by atoms with Gasteiger partial charge in [0.25, 0.3) is 11.6 Å². The van der Waals surface area contributed by atoms with Crippen LogP contribution in [0.4, 0.5) is 5.69 Å². The first-order valence-corrected chi connectivity index (χ1v) is 6.41. The van der Waals surface area contributed by atoms with Gasteiger partial charge in [-0.05, 0) is 19.9 Å². The number of amides is 2. The van der Waals surface area contributed by atoms with E-state index in [1.165, 1.54) is 25.1 Å². The van der Waals surface area contributed by atoms with Crippen LogP contribution in [-0.4, -0.2) is 35.4 Å². The summed E-state index contributed by atoms with van der Waals surface area (Å²) in [6.45, 7) is 3.55. The number of rotatable bonds is 6. The fourth-order valence-electron chi connectivity index (χ4n) is 1.53. The first-order valence-electron chi connectivity index (χ1n) is 6.41. The van der Waals surface area contributed by atoms with Gasteiger partial charge in [-0.25, -0.2) is 0 Å². The Morgan fingerprint density at radius 3 is 2.57 bits per heavy atom. The molecule has 0 fully saturated rings. The van der Waals surface area contributed by atoms with Crippen molar-refractivity contribution in [3.05, 3.63) is 39.9 Å². The highest BCUT2D eigenvalue weighted by Gasteiger charge is 2.19. The normalized spacial score (nSPS) is 13.1. The van der Waals surface area contributed by atoms with Crippen molar-refractivity contribution in [3.63, 3.8) is 0 Å². The number of nitrogens with one attached hydrogen (secondary N) is 2. The van der Waals surface area contributed by atoms with Gasteiger partial charge in [-0.15, -0.1) is 0 Å². The number of nitrogens with zero attached hydrogens (tertiary/aromatic N) is 1. The predicted octanol–water partition coefficient (Wildman–Crippen LogP) is 0.177. The van der Waals surface area contributed by atoms with E-state index in [-0.39, 0.29) is 29.7 Å². The van der Waals surface area contributed by atoms with Crippen molar-refractivity contribution >= 4 is 17.5 Å². The molecule has 1 aromatic rings. The average Bonchev–Trinajstić information content (AvgIpc) is 2.46. The van der Waals surface area contributed by atoms with Crippen LogP contribution >= 0.6 is 0 Å². The van der Waals surface area contributed by atoms with Crippen LogP contribution in [0.5, 0.6) is 0 Å². The van der Waals surface area contributed by atoms with E-state index < -0.39 is 16.9 Å². The minimum atomic E-state index is -0.772. The Bertz CT molecular complexity index is 547. The zero-order valence-electron chi connectivity index (χ0n) is 11.8. The SMILES string of the molecule is CC(NC(=O)c1cccc([N+](=O)[O-])c1)C(=O)N[C@@H](C)CN. The third kappa shape index (κ3) is 4.84. The summed E-state index contributed by atoms with van der Waals surface area (Å²) in [4.78, 5) is 33.8. The maximum atomic E-state index is 12.0. The van der Waals surface area contributed by atoms with Crippen molar-refractivity contribution in [2.45, 2.75) is 25.9 Å². The molecule has 1 aromatic carbocycles. The summed E-state index contributed by atoms with van der Waals surface area (Å²) in [6, 6.07) is 4.32. The number of nitro groups is 1. The largest absolute Gasteiger partial charge is 0.351 e. The summed E-state index contributed by atoms with van der Waals surface area (Å²) < 4.78 is 0. The van der Waals surface area contributed by atoms with Crippen molar-refractivity contribution in [2.24, 2.45) is 5.73 Å². The minimum Gasteiger partial charge on any atom is -0.351 e. The highest BCUT2D eigenvalue weighted by atomic mass is 16.6. The number of hydrogen-bond donors (Lipinski definition) is 3. The van der Waals surface area contributed by atoms with Gasteiger partial charge in [0.05, 0.1) is 4.92 Å². The summed E-state index contributed by atoms with van der Waals surface area (Å²) in [6.07, 6.45) is 0. The monoisotopic (exact) mass is 294 g/mol. The topological polar surface area (TPSA) is 127 Å². The van der Waals surface area contributed by atoms with Crippen molar-refractivity contribution < 1.29 is 14.5 Å². The fraction of sp³-hybridized carbons (Fsp3) is 0.385. The molecule has 0 saturated carbocycles. The molecule has 0 aliphatic heterocycles. The third-order valence-corrected chi connectivity index (χ3v) is 2.80. The number of carbonyl (C=O) groups is 2. The average molecular weight is 294 g/mol. The zero-order chi connectivity index (χ0) is 16.0. The molecule has 2 atom stereocenters. The molecule has 1 unspecified atom stereocenters. The molecule has 8 heteroatoms. The molecule has 114 valence electrons. The molecule has 8 nitrogen and oxygen atoms in total. The lowest BCUT2D eigenvalue weighted by molar-refractivity contribution is -0.384. The van der Waals surface area contributed by atoms with Gasteiger partial charge in [0.1, 0.15) is 6.04 Å². The predicted molar refractivity (Wildman–Crippen MR) is 76.7 cm³/mol. The second-order valence-electron chi connectivity index (χ2n) is 4.65. The molecule has 0 aliphatic carbocycles. The fourth-order valence-corrected chi connectivity index (χ4v) is 1.53. The Morgan fingerprint density at radius 1 is 1.33 bits per heavy atom. The molecule has 0 radical (unpaired) electrons. The Morgan fingerprint density at radius 2 is 2.00 bits per heavy atom. The third-order valence-electron chi connectivity index (χ3n) is 2.80. The Balaban J connectivity index is 2.70. The molecule has 0 bridgehead atoms. The maximum absolute atomic E-state index is 12.0. The molecular weight excluding hydrogens is 276 g/mol. The molecule has 0 aliphatic rings. The van der Waals surface area contributed by atoms with Crippen molar-refractivity contribution in [3.8, 4) is 0 Å². The van der Waals surface area contributed by atoms with Crippen LogP contribution < -0.4 is 16.4 Å². The molecule has 4 N–H and O–H groups in total. The lowest BCUT2D eigenvalue weighted by atomic mass is 10.1. The van der Waals surface area contributed by atoms with E-state index in [0.29, 0.717) is 0 Å². The number of nitro benzene ring substituents is 1. The van der Waals surface area contributed by atoms with Gasteiger partial charge in [-0.3, -0.25) is 19.7 Å². The molecule has 1 rings (SSSR count).